The van der Waals surface area contributed by atoms with Crippen LogP contribution in [0.2, 0.25) is 0 Å². The minimum atomic E-state index is -1.52. The van der Waals surface area contributed by atoms with Crippen LogP contribution in [-0.4, -0.2) is 95.1 Å². The predicted octanol–water partition coefficient (Wildman–Crippen LogP) is -2.74. The van der Waals surface area contributed by atoms with E-state index >= 15 is 0 Å². The van der Waals surface area contributed by atoms with Gasteiger partial charge in [0, 0.05) is 6.54 Å². The molecule has 0 saturated heterocycles. The fraction of sp³-hybridized carbons (Fsp3) is 0.714. The highest BCUT2D eigenvalue weighted by Crippen LogP contribution is 2.07. The van der Waals surface area contributed by atoms with Gasteiger partial charge in [0.25, 0.3) is 0 Å². The summed E-state index contributed by atoms with van der Waals surface area (Å²) in [4.78, 5) is 64.8. The van der Waals surface area contributed by atoms with Gasteiger partial charge >= 0.3 is 11.9 Å². The van der Waals surface area contributed by atoms with Gasteiger partial charge in [0.15, 0.2) is 5.96 Å². The molecule has 4 unspecified atom stereocenters. The van der Waals surface area contributed by atoms with Crippen LogP contribution in [0.5, 0.6) is 0 Å². The molecule has 0 aromatic heterocycles. The molecule has 3 amide bonds. The van der Waals surface area contributed by atoms with E-state index in [0.717, 1.165) is 0 Å². The van der Waals surface area contributed by atoms with E-state index in [2.05, 4.69) is 20.9 Å². The van der Waals surface area contributed by atoms with E-state index in [1.54, 1.807) is 6.26 Å². The van der Waals surface area contributed by atoms with Crippen molar-refractivity contribution >= 4 is 47.4 Å². The number of aliphatic imine (C=N–C) groups is 1. The summed E-state index contributed by atoms with van der Waals surface area (Å²) in [5.74, 6) is -4.68. The molecule has 212 valence electrons. The van der Waals surface area contributed by atoms with Crippen molar-refractivity contribution in [2.75, 3.05) is 25.1 Å². The molecular formula is C21H40N8O7S. The normalized spacial score (nSPS) is 13.9. The van der Waals surface area contributed by atoms with Crippen LogP contribution in [-0.2, 0) is 24.0 Å². The van der Waals surface area contributed by atoms with Gasteiger partial charge < -0.3 is 49.1 Å². The van der Waals surface area contributed by atoms with Gasteiger partial charge in [-0.05, 0) is 57.1 Å². The lowest BCUT2D eigenvalue weighted by Crippen LogP contribution is -2.57. The third-order valence-electron chi connectivity index (χ3n) is 5.12. The first-order chi connectivity index (χ1) is 17.4. The van der Waals surface area contributed by atoms with E-state index in [0.29, 0.717) is 31.6 Å². The molecule has 13 N–H and O–H groups in total. The van der Waals surface area contributed by atoms with Crippen LogP contribution in [0, 0.1) is 0 Å². The van der Waals surface area contributed by atoms with Crippen molar-refractivity contribution < 1.29 is 34.2 Å². The maximum atomic E-state index is 12.9. The summed E-state index contributed by atoms with van der Waals surface area (Å²) in [6, 6.07) is -4.91. The summed E-state index contributed by atoms with van der Waals surface area (Å²) in [6.07, 6.45) is 2.93. The molecule has 0 aliphatic heterocycles. The first kappa shape index (κ1) is 33.9. The van der Waals surface area contributed by atoms with Gasteiger partial charge in [0.2, 0.25) is 17.7 Å². The average molecular weight is 549 g/mol. The number of amides is 3. The van der Waals surface area contributed by atoms with Crippen LogP contribution >= 0.6 is 11.8 Å². The monoisotopic (exact) mass is 548 g/mol. The topological polar surface area (TPSA) is 278 Å². The fourth-order valence-electron chi connectivity index (χ4n) is 3.11. The van der Waals surface area contributed by atoms with Crippen molar-refractivity contribution in [2.45, 2.75) is 69.1 Å². The van der Waals surface area contributed by atoms with Crippen molar-refractivity contribution in [3.05, 3.63) is 0 Å². The zero-order chi connectivity index (χ0) is 28.4. The molecule has 16 heteroatoms. The van der Waals surface area contributed by atoms with E-state index in [-0.39, 0.29) is 31.8 Å². The zero-order valence-corrected chi connectivity index (χ0v) is 21.8. The van der Waals surface area contributed by atoms with Gasteiger partial charge in [-0.15, -0.1) is 0 Å². The number of guanidine groups is 1. The number of nitrogens with zero attached hydrogens (tertiary/aromatic N) is 1. The van der Waals surface area contributed by atoms with Crippen LogP contribution in [0.3, 0.4) is 0 Å². The van der Waals surface area contributed by atoms with Crippen LogP contribution in [0.1, 0.15) is 44.9 Å². The lowest BCUT2D eigenvalue weighted by atomic mass is 10.1. The van der Waals surface area contributed by atoms with Gasteiger partial charge in [-0.3, -0.25) is 24.2 Å². The number of carboxylic acids is 2. The summed E-state index contributed by atoms with van der Waals surface area (Å²) in [5.41, 5.74) is 21.7. The van der Waals surface area contributed by atoms with Crippen LogP contribution in [0.4, 0.5) is 0 Å². The number of hydrogen-bond donors (Lipinski definition) is 9. The lowest BCUT2D eigenvalue weighted by Gasteiger charge is -2.24. The Morgan fingerprint density at radius 1 is 0.838 bits per heavy atom. The van der Waals surface area contributed by atoms with Crippen LogP contribution in [0.15, 0.2) is 4.99 Å². The van der Waals surface area contributed by atoms with Crippen LogP contribution < -0.4 is 38.9 Å². The molecule has 0 aromatic carbocycles. The van der Waals surface area contributed by atoms with E-state index in [4.69, 9.17) is 22.9 Å². The summed E-state index contributed by atoms with van der Waals surface area (Å²) in [5, 5.41) is 25.8. The van der Waals surface area contributed by atoms with E-state index < -0.39 is 60.2 Å². The largest absolute Gasteiger partial charge is 0.481 e. The maximum Gasteiger partial charge on any atom is 0.326 e. The number of hydrogen-bond acceptors (Lipinski definition) is 9. The Kier molecular flexibility index (Phi) is 17.5. The molecule has 0 aliphatic carbocycles. The molecule has 15 nitrogen and oxygen atoms in total. The number of nitrogens with one attached hydrogen (secondary N) is 3. The highest BCUT2D eigenvalue weighted by molar-refractivity contribution is 7.98. The van der Waals surface area contributed by atoms with Gasteiger partial charge in [-0.2, -0.15) is 11.8 Å². The Morgan fingerprint density at radius 2 is 1.43 bits per heavy atom. The number of carbonyl (C=O) groups is 5. The average Bonchev–Trinajstić information content (AvgIpc) is 2.82. The second-order valence-corrected chi connectivity index (χ2v) is 9.23. The Hall–Kier alpha value is -3.11. The van der Waals surface area contributed by atoms with Crippen molar-refractivity contribution in [1.82, 2.24) is 16.0 Å². The van der Waals surface area contributed by atoms with Crippen molar-refractivity contribution in [3.8, 4) is 0 Å². The molecule has 0 aromatic rings. The molecule has 0 rings (SSSR count). The summed E-state index contributed by atoms with van der Waals surface area (Å²) < 4.78 is 0. The van der Waals surface area contributed by atoms with Crippen molar-refractivity contribution in [3.63, 3.8) is 0 Å². The second kappa shape index (κ2) is 19.1. The van der Waals surface area contributed by atoms with Gasteiger partial charge in [-0.1, -0.05) is 0 Å². The molecule has 0 heterocycles. The molecule has 0 radical (unpaired) electrons. The minimum Gasteiger partial charge on any atom is -0.481 e. The first-order valence-corrected chi connectivity index (χ1v) is 13.2. The number of nitrogens with two attached hydrogens (primary N) is 4. The SMILES string of the molecule is CSCCC(NC(=O)C(CC(=O)O)NC(=O)C(N)CCCN=C(N)N)C(=O)NC(CCCCN)C(=O)O. The smallest absolute Gasteiger partial charge is 0.326 e. The Labute approximate surface area is 219 Å². The second-order valence-electron chi connectivity index (χ2n) is 8.24. The number of aliphatic carboxylic acids is 2. The van der Waals surface area contributed by atoms with Gasteiger partial charge in [0.1, 0.15) is 18.1 Å². The summed E-state index contributed by atoms with van der Waals surface area (Å²) in [6.45, 7) is 0.613. The predicted molar refractivity (Wildman–Crippen MR) is 139 cm³/mol. The third-order valence-corrected chi connectivity index (χ3v) is 5.77. The van der Waals surface area contributed by atoms with Crippen LogP contribution in [0.25, 0.3) is 0 Å². The number of unbranched alkanes of at least 4 members (excludes halogenated alkanes) is 1. The number of carboxylic acid groups (broad SMARTS) is 2. The van der Waals surface area contributed by atoms with Crippen molar-refractivity contribution in [1.29, 1.82) is 0 Å². The summed E-state index contributed by atoms with van der Waals surface area (Å²) in [7, 11) is 0. The number of carbonyl (C=O) groups excluding carboxylic acids is 3. The molecule has 0 bridgehead atoms. The minimum absolute atomic E-state index is 0.110. The van der Waals surface area contributed by atoms with Crippen molar-refractivity contribution in [2.24, 2.45) is 27.9 Å². The number of rotatable bonds is 20. The zero-order valence-electron chi connectivity index (χ0n) is 21.0. The molecular weight excluding hydrogens is 508 g/mol. The molecule has 4 atom stereocenters. The quantitative estimate of drug-likeness (QED) is 0.0425. The molecule has 0 spiro atoms. The van der Waals surface area contributed by atoms with E-state index in [1.807, 2.05) is 0 Å². The van der Waals surface area contributed by atoms with Gasteiger partial charge in [-0.25, -0.2) is 4.79 Å². The lowest BCUT2D eigenvalue weighted by molar-refractivity contribution is -0.143. The molecule has 0 fully saturated rings. The highest BCUT2D eigenvalue weighted by atomic mass is 32.2. The van der Waals surface area contributed by atoms with E-state index in [1.165, 1.54) is 11.8 Å². The number of thioether (sulfide) groups is 1. The molecule has 0 aliphatic rings. The first-order valence-electron chi connectivity index (χ1n) is 11.8. The highest BCUT2D eigenvalue weighted by Gasteiger charge is 2.31. The molecule has 0 saturated carbocycles. The Balaban J connectivity index is 5.36. The van der Waals surface area contributed by atoms with Gasteiger partial charge in [0.05, 0.1) is 12.5 Å². The maximum absolute atomic E-state index is 12.9. The fourth-order valence-corrected chi connectivity index (χ4v) is 3.58. The molecule has 37 heavy (non-hydrogen) atoms. The Bertz CT molecular complexity index is 795. The summed E-state index contributed by atoms with van der Waals surface area (Å²) >= 11 is 1.39. The third kappa shape index (κ3) is 15.6. The standard InChI is InChI=1S/C21H40N8O7S/c1-37-10-7-13(18(33)28-14(20(35)36)6-2-3-8-22)27-19(34)15(11-16(30)31)29-17(32)12(23)5-4-9-26-21(24)25/h12-15H,2-11,22-23H2,1H3,(H,27,34)(H,28,33)(H,29,32)(H,30,31)(H,35,36)(H4,24,25,26). The van der Waals surface area contributed by atoms with E-state index in [9.17, 15) is 34.2 Å². The Morgan fingerprint density at radius 3 is 1.97 bits per heavy atom.